The summed E-state index contributed by atoms with van der Waals surface area (Å²) >= 11 is 6.35. The van der Waals surface area contributed by atoms with Crippen molar-refractivity contribution in [3.8, 4) is 5.75 Å². The second-order valence-corrected chi connectivity index (χ2v) is 10.1. The Bertz CT molecular complexity index is 1030. The molecule has 2 atom stereocenters. The molecule has 5 nitrogen and oxygen atoms in total. The summed E-state index contributed by atoms with van der Waals surface area (Å²) in [6, 6.07) is 8.27. The summed E-state index contributed by atoms with van der Waals surface area (Å²) in [5.41, 5.74) is 6.89. The van der Waals surface area contributed by atoms with E-state index in [1.165, 1.54) is 11.1 Å². The highest BCUT2D eigenvalue weighted by Crippen LogP contribution is 2.42. The monoisotopic (exact) mass is 443 g/mol. The van der Waals surface area contributed by atoms with Crippen molar-refractivity contribution in [1.29, 1.82) is 0 Å². The Kier molecular flexibility index (Phi) is 5.69. The molecule has 0 fully saturated rings. The zero-order valence-corrected chi connectivity index (χ0v) is 19.5. The number of halogens is 1. The van der Waals surface area contributed by atoms with Crippen LogP contribution in [0.3, 0.4) is 0 Å². The molecule has 166 valence electrons. The molecule has 0 radical (unpaired) electrons. The molecule has 0 amide bonds. The SMILES string of the molecule is Cc1cc2c(cc1C(OC(C)(C)C)C(=O)O)CCN2c1ccc2c(c1C)C[C@@H](Cl)CO2. The molecule has 0 spiro atoms. The fraction of sp³-hybridized carbons (Fsp3) is 0.480. The third-order valence-electron chi connectivity index (χ3n) is 6.00. The van der Waals surface area contributed by atoms with Gasteiger partial charge in [0.15, 0.2) is 6.10 Å². The van der Waals surface area contributed by atoms with Gasteiger partial charge in [0.1, 0.15) is 12.4 Å². The minimum Gasteiger partial charge on any atom is -0.492 e. The third-order valence-corrected chi connectivity index (χ3v) is 6.28. The highest BCUT2D eigenvalue weighted by molar-refractivity contribution is 6.21. The largest absolute Gasteiger partial charge is 0.492 e. The van der Waals surface area contributed by atoms with Crippen molar-refractivity contribution in [3.63, 3.8) is 0 Å². The Balaban J connectivity index is 1.71. The van der Waals surface area contributed by atoms with E-state index < -0.39 is 17.7 Å². The number of ether oxygens (including phenoxy) is 2. The molecule has 4 rings (SSSR count). The number of fused-ring (bicyclic) bond motifs is 2. The summed E-state index contributed by atoms with van der Waals surface area (Å²) in [6.07, 6.45) is 0.678. The molecule has 2 aromatic rings. The van der Waals surface area contributed by atoms with Crippen molar-refractivity contribution in [2.24, 2.45) is 0 Å². The second kappa shape index (κ2) is 8.03. The van der Waals surface area contributed by atoms with Crippen LogP contribution in [-0.4, -0.2) is 35.2 Å². The van der Waals surface area contributed by atoms with Crippen molar-refractivity contribution in [2.75, 3.05) is 18.1 Å². The molecule has 0 aromatic heterocycles. The number of aryl methyl sites for hydroxylation is 1. The van der Waals surface area contributed by atoms with Gasteiger partial charge in [-0.25, -0.2) is 4.79 Å². The van der Waals surface area contributed by atoms with E-state index in [1.54, 1.807) is 0 Å². The quantitative estimate of drug-likeness (QED) is 0.634. The molecule has 0 saturated heterocycles. The number of alkyl halides is 1. The minimum atomic E-state index is -0.984. The van der Waals surface area contributed by atoms with Gasteiger partial charge in [-0.05, 0) is 87.9 Å². The van der Waals surface area contributed by atoms with E-state index in [1.807, 2.05) is 39.8 Å². The summed E-state index contributed by atoms with van der Waals surface area (Å²) in [5, 5.41) is 9.80. The van der Waals surface area contributed by atoms with Crippen LogP contribution in [0.1, 0.15) is 54.7 Å². The number of hydrogen-bond donors (Lipinski definition) is 1. The molecule has 6 heteroatoms. The molecule has 2 aliphatic rings. The lowest BCUT2D eigenvalue weighted by atomic mass is 9.97. The molecule has 2 aromatic carbocycles. The van der Waals surface area contributed by atoms with Crippen LogP contribution in [0.5, 0.6) is 5.75 Å². The standard InChI is InChI=1S/C25H30ClNO4/c1-14-10-21-16(11-18(14)23(24(28)29)31-25(3,4)5)8-9-27(21)20-6-7-22-19(15(20)2)12-17(26)13-30-22/h6-7,10-11,17,23H,8-9,12-13H2,1-5H3,(H,28,29)/t17-,23?/m1/s1. The maximum Gasteiger partial charge on any atom is 0.337 e. The first-order valence-electron chi connectivity index (χ1n) is 10.8. The highest BCUT2D eigenvalue weighted by atomic mass is 35.5. The predicted molar refractivity (Wildman–Crippen MR) is 123 cm³/mol. The van der Waals surface area contributed by atoms with Crippen LogP contribution in [0.2, 0.25) is 0 Å². The smallest absolute Gasteiger partial charge is 0.337 e. The number of rotatable bonds is 4. The van der Waals surface area contributed by atoms with E-state index in [0.29, 0.717) is 6.61 Å². The molecule has 0 aliphatic carbocycles. The van der Waals surface area contributed by atoms with Crippen molar-refractivity contribution in [2.45, 2.75) is 64.5 Å². The Morgan fingerprint density at radius 3 is 2.68 bits per heavy atom. The lowest BCUT2D eigenvalue weighted by molar-refractivity contribution is -0.160. The van der Waals surface area contributed by atoms with Crippen LogP contribution in [-0.2, 0) is 22.4 Å². The number of benzene rings is 2. The van der Waals surface area contributed by atoms with E-state index in [2.05, 4.69) is 24.0 Å². The number of carbonyl (C=O) groups is 1. The number of hydrogen-bond acceptors (Lipinski definition) is 4. The molecule has 2 aliphatic heterocycles. The maximum absolute atomic E-state index is 12.0. The molecule has 0 bridgehead atoms. The minimum absolute atomic E-state index is 0.00659. The number of carboxylic acids is 1. The zero-order valence-electron chi connectivity index (χ0n) is 18.8. The summed E-state index contributed by atoms with van der Waals surface area (Å²) in [7, 11) is 0. The molecular weight excluding hydrogens is 414 g/mol. The summed E-state index contributed by atoms with van der Waals surface area (Å²) in [5.74, 6) is -0.0401. The zero-order chi connectivity index (χ0) is 22.5. The van der Waals surface area contributed by atoms with Crippen LogP contribution < -0.4 is 9.64 Å². The Labute approximate surface area is 188 Å². The first-order chi connectivity index (χ1) is 14.5. The van der Waals surface area contributed by atoms with Gasteiger partial charge >= 0.3 is 5.97 Å². The van der Waals surface area contributed by atoms with Gasteiger partial charge in [0.25, 0.3) is 0 Å². The average molecular weight is 444 g/mol. The van der Waals surface area contributed by atoms with E-state index in [0.717, 1.165) is 53.2 Å². The second-order valence-electron chi connectivity index (χ2n) is 9.49. The third kappa shape index (κ3) is 4.26. The Hall–Kier alpha value is -2.24. The van der Waals surface area contributed by atoms with Gasteiger partial charge in [0.05, 0.1) is 11.0 Å². The van der Waals surface area contributed by atoms with Crippen LogP contribution in [0, 0.1) is 13.8 Å². The molecule has 1 N–H and O–H groups in total. The van der Waals surface area contributed by atoms with E-state index in [9.17, 15) is 9.90 Å². The molecule has 1 unspecified atom stereocenters. The average Bonchev–Trinajstić information content (AvgIpc) is 3.08. The van der Waals surface area contributed by atoms with E-state index >= 15 is 0 Å². The molecule has 2 heterocycles. The lowest BCUT2D eigenvalue weighted by Gasteiger charge is -2.29. The van der Waals surface area contributed by atoms with Crippen LogP contribution in [0.15, 0.2) is 24.3 Å². The molecule has 31 heavy (non-hydrogen) atoms. The van der Waals surface area contributed by atoms with E-state index in [4.69, 9.17) is 21.1 Å². The van der Waals surface area contributed by atoms with Crippen molar-refractivity contribution in [3.05, 3.63) is 52.1 Å². The van der Waals surface area contributed by atoms with Gasteiger partial charge in [-0.2, -0.15) is 0 Å². The number of aliphatic carboxylic acids is 1. The summed E-state index contributed by atoms with van der Waals surface area (Å²) in [6.45, 7) is 11.1. The number of nitrogens with zero attached hydrogens (tertiary/aromatic N) is 1. The summed E-state index contributed by atoms with van der Waals surface area (Å²) in [4.78, 5) is 14.3. The van der Waals surface area contributed by atoms with Crippen LogP contribution in [0.25, 0.3) is 0 Å². The predicted octanol–water partition coefficient (Wildman–Crippen LogP) is 5.48. The van der Waals surface area contributed by atoms with Crippen molar-refractivity contribution in [1.82, 2.24) is 0 Å². The fourth-order valence-electron chi connectivity index (χ4n) is 4.56. The van der Waals surface area contributed by atoms with Gasteiger partial charge in [-0.3, -0.25) is 0 Å². The Morgan fingerprint density at radius 1 is 1.26 bits per heavy atom. The van der Waals surface area contributed by atoms with Gasteiger partial charge in [0, 0.05) is 23.5 Å². The number of anilines is 2. The van der Waals surface area contributed by atoms with Gasteiger partial charge in [-0.1, -0.05) is 6.07 Å². The van der Waals surface area contributed by atoms with E-state index in [-0.39, 0.29) is 5.38 Å². The van der Waals surface area contributed by atoms with Crippen LogP contribution in [0.4, 0.5) is 11.4 Å². The molecule has 0 saturated carbocycles. The van der Waals surface area contributed by atoms with Gasteiger partial charge in [-0.15, -0.1) is 11.6 Å². The lowest BCUT2D eigenvalue weighted by Crippen LogP contribution is -2.28. The highest BCUT2D eigenvalue weighted by Gasteiger charge is 2.31. The summed E-state index contributed by atoms with van der Waals surface area (Å²) < 4.78 is 11.7. The Morgan fingerprint density at radius 2 is 2.00 bits per heavy atom. The molecular formula is C25H30ClNO4. The normalized spacial score (nSPS) is 18.9. The fourth-order valence-corrected chi connectivity index (χ4v) is 4.77. The van der Waals surface area contributed by atoms with Gasteiger partial charge < -0.3 is 19.5 Å². The topological polar surface area (TPSA) is 59.0 Å². The first kappa shape index (κ1) is 22.0. The van der Waals surface area contributed by atoms with Gasteiger partial charge in [0.2, 0.25) is 0 Å². The van der Waals surface area contributed by atoms with Crippen LogP contribution >= 0.6 is 11.6 Å². The first-order valence-corrected chi connectivity index (χ1v) is 11.2. The van der Waals surface area contributed by atoms with Crippen molar-refractivity contribution >= 4 is 28.9 Å². The van der Waals surface area contributed by atoms with Crippen molar-refractivity contribution < 1.29 is 19.4 Å². The maximum atomic E-state index is 12.0. The number of carboxylic acid groups (broad SMARTS) is 1.